The molecular formula is C21H21N3O3S. The third kappa shape index (κ3) is 3.90. The summed E-state index contributed by atoms with van der Waals surface area (Å²) in [5.74, 6) is 0.685. The standard InChI is InChI=1S/C21H21N3O3S/c1-16-13-27-21-8-7-18(20-10-22-15-23-11-20)9-19(21)12-24(16)28(25,26)14-17-5-3-2-4-6-17/h2-11,15-16H,12-14H2,1H3/t16-/m1/s1. The highest BCUT2D eigenvalue weighted by Gasteiger charge is 2.31. The predicted molar refractivity (Wildman–Crippen MR) is 107 cm³/mol. The van der Waals surface area contributed by atoms with Crippen molar-refractivity contribution in [3.63, 3.8) is 0 Å². The molecule has 0 radical (unpaired) electrons. The van der Waals surface area contributed by atoms with Gasteiger partial charge in [0.15, 0.2) is 0 Å². The van der Waals surface area contributed by atoms with Gasteiger partial charge in [0.2, 0.25) is 10.0 Å². The van der Waals surface area contributed by atoms with Crippen molar-refractivity contribution in [1.82, 2.24) is 14.3 Å². The molecule has 0 spiro atoms. The van der Waals surface area contributed by atoms with Crippen molar-refractivity contribution in [2.45, 2.75) is 25.3 Å². The van der Waals surface area contributed by atoms with Gasteiger partial charge in [0, 0.05) is 30.1 Å². The highest BCUT2D eigenvalue weighted by atomic mass is 32.2. The Hall–Kier alpha value is -2.77. The van der Waals surface area contributed by atoms with Gasteiger partial charge in [-0.3, -0.25) is 0 Å². The molecule has 1 aliphatic rings. The van der Waals surface area contributed by atoms with Gasteiger partial charge in [-0.05, 0) is 30.2 Å². The van der Waals surface area contributed by atoms with Crippen LogP contribution in [0, 0.1) is 0 Å². The number of hydrogen-bond acceptors (Lipinski definition) is 5. The van der Waals surface area contributed by atoms with Crippen LogP contribution < -0.4 is 4.74 Å². The van der Waals surface area contributed by atoms with Gasteiger partial charge >= 0.3 is 0 Å². The van der Waals surface area contributed by atoms with Gasteiger partial charge in [-0.1, -0.05) is 36.4 Å². The molecule has 28 heavy (non-hydrogen) atoms. The molecule has 6 nitrogen and oxygen atoms in total. The maximum atomic E-state index is 13.1. The van der Waals surface area contributed by atoms with Crippen LogP contribution in [-0.2, 0) is 22.3 Å². The molecule has 1 atom stereocenters. The summed E-state index contributed by atoms with van der Waals surface area (Å²) in [4.78, 5) is 8.11. The lowest BCUT2D eigenvalue weighted by molar-refractivity contribution is 0.233. The van der Waals surface area contributed by atoms with E-state index < -0.39 is 10.0 Å². The number of benzene rings is 2. The highest BCUT2D eigenvalue weighted by molar-refractivity contribution is 7.88. The fourth-order valence-corrected chi connectivity index (χ4v) is 5.05. The number of hydrogen-bond donors (Lipinski definition) is 0. The molecule has 1 aliphatic heterocycles. The van der Waals surface area contributed by atoms with Gasteiger partial charge in [0.25, 0.3) is 0 Å². The lowest BCUT2D eigenvalue weighted by Crippen LogP contribution is -2.40. The maximum Gasteiger partial charge on any atom is 0.218 e. The molecule has 2 aromatic carbocycles. The van der Waals surface area contributed by atoms with Crippen LogP contribution in [0.3, 0.4) is 0 Å². The van der Waals surface area contributed by atoms with E-state index in [9.17, 15) is 8.42 Å². The Morgan fingerprint density at radius 3 is 2.57 bits per heavy atom. The summed E-state index contributed by atoms with van der Waals surface area (Å²) >= 11 is 0. The van der Waals surface area contributed by atoms with Crippen molar-refractivity contribution in [2.24, 2.45) is 0 Å². The lowest BCUT2D eigenvalue weighted by Gasteiger charge is -2.25. The van der Waals surface area contributed by atoms with Gasteiger partial charge in [0.1, 0.15) is 18.7 Å². The Morgan fingerprint density at radius 2 is 1.82 bits per heavy atom. The zero-order valence-corrected chi connectivity index (χ0v) is 16.3. The van der Waals surface area contributed by atoms with E-state index in [1.165, 1.54) is 10.6 Å². The first-order valence-corrected chi connectivity index (χ1v) is 10.7. The third-order valence-corrected chi connectivity index (χ3v) is 6.70. The van der Waals surface area contributed by atoms with Crippen molar-refractivity contribution in [3.05, 3.63) is 78.4 Å². The van der Waals surface area contributed by atoms with E-state index in [-0.39, 0.29) is 18.3 Å². The summed E-state index contributed by atoms with van der Waals surface area (Å²) in [6.07, 6.45) is 4.95. The quantitative estimate of drug-likeness (QED) is 0.678. The molecule has 0 saturated carbocycles. The first-order valence-electron chi connectivity index (χ1n) is 9.07. The molecule has 144 valence electrons. The zero-order valence-electron chi connectivity index (χ0n) is 15.5. The summed E-state index contributed by atoms with van der Waals surface area (Å²) in [7, 11) is -3.50. The number of rotatable bonds is 4. The molecule has 0 saturated heterocycles. The van der Waals surface area contributed by atoms with Crippen molar-refractivity contribution in [3.8, 4) is 16.9 Å². The number of fused-ring (bicyclic) bond motifs is 1. The number of sulfonamides is 1. The fourth-order valence-electron chi connectivity index (χ4n) is 3.33. The van der Waals surface area contributed by atoms with Crippen molar-refractivity contribution < 1.29 is 13.2 Å². The summed E-state index contributed by atoms with van der Waals surface area (Å²) in [6, 6.07) is 14.8. The van der Waals surface area contributed by atoms with Crippen molar-refractivity contribution in [2.75, 3.05) is 6.61 Å². The average molecular weight is 395 g/mol. The molecule has 0 N–H and O–H groups in total. The van der Waals surface area contributed by atoms with E-state index in [4.69, 9.17) is 4.74 Å². The topological polar surface area (TPSA) is 72.4 Å². The number of nitrogens with zero attached hydrogens (tertiary/aromatic N) is 3. The predicted octanol–water partition coefficient (Wildman–Crippen LogP) is 3.26. The minimum atomic E-state index is -3.50. The molecule has 7 heteroatoms. The molecule has 0 unspecified atom stereocenters. The average Bonchev–Trinajstić information content (AvgIpc) is 2.88. The van der Waals surface area contributed by atoms with Crippen LogP contribution in [0.1, 0.15) is 18.1 Å². The Balaban J connectivity index is 1.66. The van der Waals surface area contributed by atoms with Crippen LogP contribution in [0.15, 0.2) is 67.3 Å². The van der Waals surface area contributed by atoms with Crippen molar-refractivity contribution >= 4 is 10.0 Å². The minimum Gasteiger partial charge on any atom is -0.492 e. The van der Waals surface area contributed by atoms with Gasteiger partial charge in [-0.25, -0.2) is 18.4 Å². The molecule has 0 fully saturated rings. The van der Waals surface area contributed by atoms with Crippen LogP contribution in [0.5, 0.6) is 5.75 Å². The van der Waals surface area contributed by atoms with Crippen LogP contribution in [0.4, 0.5) is 0 Å². The molecule has 0 bridgehead atoms. The molecule has 0 aliphatic carbocycles. The smallest absolute Gasteiger partial charge is 0.218 e. The molecule has 4 rings (SSSR count). The minimum absolute atomic E-state index is 0.0280. The fraction of sp³-hybridized carbons (Fsp3) is 0.238. The Kier molecular flexibility index (Phi) is 5.11. The van der Waals surface area contributed by atoms with Gasteiger partial charge in [-0.15, -0.1) is 0 Å². The molecule has 3 aromatic rings. The zero-order chi connectivity index (χ0) is 19.6. The second-order valence-corrected chi connectivity index (χ2v) is 8.82. The Morgan fingerprint density at radius 1 is 1.07 bits per heavy atom. The number of aromatic nitrogens is 2. The number of ether oxygens (including phenoxy) is 1. The second-order valence-electron chi connectivity index (χ2n) is 6.90. The summed E-state index contributed by atoms with van der Waals surface area (Å²) < 4.78 is 33.7. The van der Waals surface area contributed by atoms with E-state index in [1.807, 2.05) is 55.5 Å². The van der Waals surface area contributed by atoms with Crippen LogP contribution in [0.2, 0.25) is 0 Å². The molecular weight excluding hydrogens is 374 g/mol. The Bertz CT molecular complexity index is 1060. The maximum absolute atomic E-state index is 13.1. The van der Waals surface area contributed by atoms with E-state index in [2.05, 4.69) is 9.97 Å². The van der Waals surface area contributed by atoms with Crippen LogP contribution >= 0.6 is 0 Å². The van der Waals surface area contributed by atoms with E-state index >= 15 is 0 Å². The molecule has 0 amide bonds. The Labute approximate surface area is 164 Å². The van der Waals surface area contributed by atoms with Gasteiger partial charge in [0.05, 0.1) is 11.8 Å². The normalized spacial score (nSPS) is 17.4. The third-order valence-electron chi connectivity index (χ3n) is 4.80. The van der Waals surface area contributed by atoms with Crippen LogP contribution in [0.25, 0.3) is 11.1 Å². The SMILES string of the molecule is C[C@@H]1COc2ccc(-c3cncnc3)cc2CN1S(=O)(=O)Cc1ccccc1. The molecule has 1 aromatic heterocycles. The van der Waals surface area contributed by atoms with E-state index in [0.717, 1.165) is 22.3 Å². The van der Waals surface area contributed by atoms with E-state index in [0.29, 0.717) is 12.4 Å². The van der Waals surface area contributed by atoms with E-state index in [1.54, 1.807) is 12.4 Å². The largest absolute Gasteiger partial charge is 0.492 e. The van der Waals surface area contributed by atoms with Crippen LogP contribution in [-0.4, -0.2) is 35.3 Å². The lowest BCUT2D eigenvalue weighted by atomic mass is 10.0. The first-order chi connectivity index (χ1) is 13.5. The van der Waals surface area contributed by atoms with Gasteiger partial charge in [-0.2, -0.15) is 4.31 Å². The second kappa shape index (κ2) is 7.69. The highest BCUT2D eigenvalue weighted by Crippen LogP contribution is 2.31. The first kappa shape index (κ1) is 18.6. The summed E-state index contributed by atoms with van der Waals surface area (Å²) in [5, 5.41) is 0. The van der Waals surface area contributed by atoms with Gasteiger partial charge < -0.3 is 4.74 Å². The monoisotopic (exact) mass is 395 g/mol. The summed E-state index contributed by atoms with van der Waals surface area (Å²) in [6.45, 7) is 2.46. The van der Waals surface area contributed by atoms with Crippen molar-refractivity contribution in [1.29, 1.82) is 0 Å². The summed E-state index contributed by atoms with van der Waals surface area (Å²) in [5.41, 5.74) is 3.41. The molecule has 2 heterocycles.